The average Bonchev–Trinajstić information content (AvgIpc) is 2.52. The quantitative estimate of drug-likeness (QED) is 0.754. The highest BCUT2D eigenvalue weighted by Crippen LogP contribution is 2.29. The summed E-state index contributed by atoms with van der Waals surface area (Å²) < 4.78 is 0.895. The minimum Gasteiger partial charge on any atom is -0.352 e. The molecule has 0 unspecified atom stereocenters. The van der Waals surface area contributed by atoms with E-state index in [4.69, 9.17) is 23.2 Å². The maximum Gasteiger partial charge on any atom is 0.251 e. The topological polar surface area (TPSA) is 58.2 Å². The van der Waals surface area contributed by atoms with Gasteiger partial charge in [-0.1, -0.05) is 45.2 Å². The van der Waals surface area contributed by atoms with E-state index in [1.807, 2.05) is 0 Å². The third kappa shape index (κ3) is 5.23. The summed E-state index contributed by atoms with van der Waals surface area (Å²) in [5, 5.41) is 6.01. The summed E-state index contributed by atoms with van der Waals surface area (Å²) in [5.74, 6) is -0.489. The van der Waals surface area contributed by atoms with Crippen LogP contribution in [0.5, 0.6) is 0 Å². The lowest BCUT2D eigenvalue weighted by Crippen LogP contribution is -2.27. The second kappa shape index (κ2) is 8.34. The summed E-state index contributed by atoms with van der Waals surface area (Å²) in [5.41, 5.74) is 0.981. The number of benzene rings is 2. The first-order chi connectivity index (χ1) is 11.0. The van der Waals surface area contributed by atoms with Gasteiger partial charge in [0.2, 0.25) is 5.91 Å². The maximum absolute atomic E-state index is 11.9. The molecular formula is C16H13BrCl2N2O2. The molecule has 0 radical (unpaired) electrons. The second-order valence-corrected chi connectivity index (χ2v) is 6.36. The number of hydrogen-bond donors (Lipinski definition) is 2. The smallest absolute Gasteiger partial charge is 0.251 e. The van der Waals surface area contributed by atoms with E-state index in [1.165, 1.54) is 0 Å². The molecule has 0 aliphatic carbocycles. The summed E-state index contributed by atoms with van der Waals surface area (Å²) in [4.78, 5) is 23.8. The molecule has 120 valence electrons. The molecule has 2 N–H and O–H groups in total. The Bertz CT molecular complexity index is 721. The van der Waals surface area contributed by atoms with Crippen molar-refractivity contribution < 1.29 is 9.59 Å². The minimum absolute atomic E-state index is 0.130. The van der Waals surface area contributed by atoms with E-state index in [0.717, 1.165) is 4.47 Å². The summed E-state index contributed by atoms with van der Waals surface area (Å²) in [7, 11) is 0. The molecule has 2 aromatic carbocycles. The van der Waals surface area contributed by atoms with Crippen LogP contribution in [0.2, 0.25) is 10.0 Å². The number of carbonyl (C=O) groups excluding carboxylic acids is 2. The average molecular weight is 416 g/mol. The van der Waals surface area contributed by atoms with Crippen LogP contribution < -0.4 is 10.6 Å². The van der Waals surface area contributed by atoms with Crippen LogP contribution in [0.1, 0.15) is 16.8 Å². The Balaban J connectivity index is 1.82. The number of halogens is 3. The lowest BCUT2D eigenvalue weighted by Gasteiger charge is -2.09. The predicted molar refractivity (Wildman–Crippen MR) is 96.2 cm³/mol. The SMILES string of the molecule is O=C(CCNC(=O)c1ccc(Br)cc1)Nc1cccc(Cl)c1Cl. The van der Waals surface area contributed by atoms with E-state index in [-0.39, 0.29) is 24.8 Å². The zero-order valence-corrected chi connectivity index (χ0v) is 15.0. The van der Waals surface area contributed by atoms with Crippen molar-refractivity contribution >= 4 is 56.6 Å². The molecule has 0 bridgehead atoms. The molecule has 0 aliphatic rings. The highest BCUT2D eigenvalue weighted by Gasteiger charge is 2.09. The highest BCUT2D eigenvalue weighted by atomic mass is 79.9. The predicted octanol–water partition coefficient (Wildman–Crippen LogP) is 4.51. The zero-order valence-electron chi connectivity index (χ0n) is 11.9. The number of carbonyl (C=O) groups is 2. The minimum atomic E-state index is -0.259. The Hall–Kier alpha value is -1.56. The standard InChI is InChI=1S/C16H13BrCl2N2O2/c17-11-6-4-10(5-7-11)16(23)20-9-8-14(22)21-13-3-1-2-12(18)15(13)19/h1-7H,8-9H2,(H,20,23)(H,21,22). The number of hydrogen-bond acceptors (Lipinski definition) is 2. The fraction of sp³-hybridized carbons (Fsp3) is 0.125. The summed E-state index contributed by atoms with van der Waals surface area (Å²) in [6, 6.07) is 12.0. The van der Waals surface area contributed by atoms with Crippen molar-refractivity contribution in [2.75, 3.05) is 11.9 Å². The maximum atomic E-state index is 11.9. The van der Waals surface area contributed by atoms with Crippen molar-refractivity contribution in [2.24, 2.45) is 0 Å². The van der Waals surface area contributed by atoms with Crippen LogP contribution in [0.4, 0.5) is 5.69 Å². The van der Waals surface area contributed by atoms with Gasteiger partial charge in [-0.3, -0.25) is 9.59 Å². The molecule has 0 aromatic heterocycles. The van der Waals surface area contributed by atoms with Crippen molar-refractivity contribution in [1.82, 2.24) is 5.32 Å². The molecule has 23 heavy (non-hydrogen) atoms. The first-order valence-corrected chi connectivity index (χ1v) is 8.30. The first-order valence-electron chi connectivity index (χ1n) is 6.75. The third-order valence-electron chi connectivity index (χ3n) is 2.97. The van der Waals surface area contributed by atoms with Crippen LogP contribution in [-0.4, -0.2) is 18.4 Å². The highest BCUT2D eigenvalue weighted by molar-refractivity contribution is 9.10. The van der Waals surface area contributed by atoms with E-state index in [9.17, 15) is 9.59 Å². The monoisotopic (exact) mass is 414 g/mol. The summed E-state index contributed by atoms with van der Waals surface area (Å²) in [6.45, 7) is 0.221. The van der Waals surface area contributed by atoms with E-state index in [1.54, 1.807) is 42.5 Å². The molecule has 0 saturated heterocycles. The summed E-state index contributed by atoms with van der Waals surface area (Å²) >= 11 is 15.2. The van der Waals surface area contributed by atoms with Crippen molar-refractivity contribution in [2.45, 2.75) is 6.42 Å². The Labute approximate surface area is 152 Å². The molecule has 0 fully saturated rings. The van der Waals surface area contributed by atoms with Gasteiger partial charge in [-0.25, -0.2) is 0 Å². The van der Waals surface area contributed by atoms with Crippen LogP contribution >= 0.6 is 39.1 Å². The van der Waals surface area contributed by atoms with Gasteiger partial charge in [0.25, 0.3) is 5.91 Å². The molecule has 0 spiro atoms. The molecule has 0 heterocycles. The Morgan fingerprint density at radius 2 is 1.74 bits per heavy atom. The van der Waals surface area contributed by atoms with Gasteiger partial charge >= 0.3 is 0 Å². The Morgan fingerprint density at radius 1 is 1.04 bits per heavy atom. The number of nitrogens with one attached hydrogen (secondary N) is 2. The lowest BCUT2D eigenvalue weighted by molar-refractivity contribution is -0.116. The van der Waals surface area contributed by atoms with Gasteiger partial charge in [0.05, 0.1) is 15.7 Å². The fourth-order valence-corrected chi connectivity index (χ4v) is 2.42. The first kappa shape index (κ1) is 17.8. The largest absolute Gasteiger partial charge is 0.352 e. The van der Waals surface area contributed by atoms with Gasteiger partial charge in [0.15, 0.2) is 0 Å². The van der Waals surface area contributed by atoms with Crippen LogP contribution in [-0.2, 0) is 4.79 Å². The zero-order chi connectivity index (χ0) is 16.8. The van der Waals surface area contributed by atoms with Crippen LogP contribution in [0.25, 0.3) is 0 Å². The number of anilines is 1. The van der Waals surface area contributed by atoms with Crippen LogP contribution in [0.15, 0.2) is 46.9 Å². The second-order valence-electron chi connectivity index (χ2n) is 4.66. The van der Waals surface area contributed by atoms with Crippen LogP contribution in [0.3, 0.4) is 0 Å². The van der Waals surface area contributed by atoms with Gasteiger partial charge < -0.3 is 10.6 Å². The van der Waals surface area contributed by atoms with E-state index in [0.29, 0.717) is 21.3 Å². The van der Waals surface area contributed by atoms with Crippen molar-refractivity contribution in [3.05, 3.63) is 62.5 Å². The van der Waals surface area contributed by atoms with Crippen molar-refractivity contribution in [1.29, 1.82) is 0 Å². The van der Waals surface area contributed by atoms with E-state index >= 15 is 0 Å². The Morgan fingerprint density at radius 3 is 2.43 bits per heavy atom. The molecule has 7 heteroatoms. The molecule has 0 aliphatic heterocycles. The molecule has 2 rings (SSSR count). The van der Waals surface area contributed by atoms with Crippen molar-refractivity contribution in [3.63, 3.8) is 0 Å². The van der Waals surface area contributed by atoms with Gasteiger partial charge in [-0.05, 0) is 36.4 Å². The normalized spacial score (nSPS) is 10.2. The van der Waals surface area contributed by atoms with E-state index < -0.39 is 0 Å². The molecule has 2 aromatic rings. The van der Waals surface area contributed by atoms with Gasteiger partial charge in [-0.15, -0.1) is 0 Å². The molecular weight excluding hydrogens is 403 g/mol. The van der Waals surface area contributed by atoms with Crippen molar-refractivity contribution in [3.8, 4) is 0 Å². The van der Waals surface area contributed by atoms with E-state index in [2.05, 4.69) is 26.6 Å². The molecule has 0 atom stereocenters. The lowest BCUT2D eigenvalue weighted by atomic mass is 10.2. The summed E-state index contributed by atoms with van der Waals surface area (Å²) in [6.07, 6.45) is 0.130. The van der Waals surface area contributed by atoms with Gasteiger partial charge in [0, 0.05) is 23.0 Å². The van der Waals surface area contributed by atoms with Crippen LogP contribution in [0, 0.1) is 0 Å². The van der Waals surface area contributed by atoms with Gasteiger partial charge in [0.1, 0.15) is 0 Å². The number of amides is 2. The van der Waals surface area contributed by atoms with Gasteiger partial charge in [-0.2, -0.15) is 0 Å². The fourth-order valence-electron chi connectivity index (χ4n) is 1.81. The molecule has 2 amide bonds. The molecule has 4 nitrogen and oxygen atoms in total. The third-order valence-corrected chi connectivity index (χ3v) is 4.32. The molecule has 0 saturated carbocycles. The number of rotatable bonds is 5. The Kier molecular flexibility index (Phi) is 6.45.